The van der Waals surface area contributed by atoms with Crippen LogP contribution in [-0.4, -0.2) is 6.26 Å². The van der Waals surface area contributed by atoms with E-state index in [4.69, 9.17) is 0 Å². The Morgan fingerprint density at radius 2 is 2.00 bits per heavy atom. The Morgan fingerprint density at radius 3 is 2.12 bits per heavy atom. The fourth-order valence-electron chi connectivity index (χ4n) is 0.446. The van der Waals surface area contributed by atoms with Crippen LogP contribution in [0.5, 0.6) is 0 Å². The molecule has 1 heteroatoms. The Morgan fingerprint density at radius 1 is 1.38 bits per heavy atom. The van der Waals surface area contributed by atoms with Gasteiger partial charge in [0.1, 0.15) is 0 Å². The molecule has 0 spiro atoms. The molecule has 0 saturated heterocycles. The zero-order valence-corrected chi connectivity index (χ0v) is 6.46. The van der Waals surface area contributed by atoms with Gasteiger partial charge in [0.2, 0.25) is 0 Å². The van der Waals surface area contributed by atoms with Gasteiger partial charge in [-0.1, -0.05) is 18.2 Å². The van der Waals surface area contributed by atoms with Gasteiger partial charge in [0.15, 0.2) is 0 Å². The summed E-state index contributed by atoms with van der Waals surface area (Å²) >= 11 is 1.77. The molecule has 0 nitrogen and oxygen atoms in total. The maximum Gasteiger partial charge on any atom is 0.00231 e. The SMILES string of the molecule is CC=CC(=CC)SC. The highest BCUT2D eigenvalue weighted by Crippen LogP contribution is 2.11. The minimum absolute atomic E-state index is 1.33. The standard InChI is InChI=1S/C7H12S/c1-4-6-7(5-2)8-3/h4-6H,1-3H3. The molecule has 0 radical (unpaired) electrons. The van der Waals surface area contributed by atoms with Crippen molar-refractivity contribution in [2.45, 2.75) is 13.8 Å². The maximum atomic E-state index is 2.10. The van der Waals surface area contributed by atoms with Crippen molar-refractivity contribution in [1.82, 2.24) is 0 Å². The summed E-state index contributed by atoms with van der Waals surface area (Å²) in [5, 5.41) is 0. The summed E-state index contributed by atoms with van der Waals surface area (Å²) in [6.45, 7) is 4.07. The second kappa shape index (κ2) is 4.98. The van der Waals surface area contributed by atoms with Crippen molar-refractivity contribution in [3.8, 4) is 0 Å². The van der Waals surface area contributed by atoms with E-state index in [0.29, 0.717) is 0 Å². The van der Waals surface area contributed by atoms with Gasteiger partial charge in [-0.3, -0.25) is 0 Å². The van der Waals surface area contributed by atoms with Crippen LogP contribution in [-0.2, 0) is 0 Å². The lowest BCUT2D eigenvalue weighted by molar-refractivity contribution is 1.66. The normalized spacial score (nSPS) is 13.1. The van der Waals surface area contributed by atoms with E-state index in [1.165, 1.54) is 4.91 Å². The molecule has 0 heterocycles. The van der Waals surface area contributed by atoms with Crippen molar-refractivity contribution < 1.29 is 0 Å². The van der Waals surface area contributed by atoms with Crippen LogP contribution in [0.3, 0.4) is 0 Å². The van der Waals surface area contributed by atoms with Crippen LogP contribution in [0.4, 0.5) is 0 Å². The Balaban J connectivity index is 3.72. The lowest BCUT2D eigenvalue weighted by Gasteiger charge is -1.89. The first-order valence-electron chi connectivity index (χ1n) is 2.68. The van der Waals surface area contributed by atoms with E-state index < -0.39 is 0 Å². The maximum absolute atomic E-state index is 2.10. The van der Waals surface area contributed by atoms with Gasteiger partial charge in [0, 0.05) is 4.91 Å². The van der Waals surface area contributed by atoms with Gasteiger partial charge in [0.25, 0.3) is 0 Å². The minimum Gasteiger partial charge on any atom is -0.130 e. The Kier molecular flexibility index (Phi) is 4.87. The summed E-state index contributed by atoms with van der Waals surface area (Å²) in [6.07, 6.45) is 8.33. The summed E-state index contributed by atoms with van der Waals surface area (Å²) in [5.41, 5.74) is 0. The van der Waals surface area contributed by atoms with Crippen LogP contribution in [0, 0.1) is 0 Å². The monoisotopic (exact) mass is 128 g/mol. The molecule has 0 rings (SSSR count). The molecular formula is C7H12S. The molecule has 0 aliphatic heterocycles. The van der Waals surface area contributed by atoms with E-state index in [0.717, 1.165) is 0 Å². The lowest BCUT2D eigenvalue weighted by Crippen LogP contribution is -1.62. The molecule has 0 unspecified atom stereocenters. The van der Waals surface area contributed by atoms with Gasteiger partial charge >= 0.3 is 0 Å². The second-order valence-electron chi connectivity index (χ2n) is 1.40. The van der Waals surface area contributed by atoms with Gasteiger partial charge in [-0.15, -0.1) is 11.8 Å². The number of hydrogen-bond donors (Lipinski definition) is 0. The Bertz CT molecular complexity index is 98.2. The summed E-state index contributed by atoms with van der Waals surface area (Å²) in [7, 11) is 0. The second-order valence-corrected chi connectivity index (χ2v) is 2.27. The van der Waals surface area contributed by atoms with Gasteiger partial charge in [0.05, 0.1) is 0 Å². The summed E-state index contributed by atoms with van der Waals surface area (Å²) < 4.78 is 0. The van der Waals surface area contributed by atoms with Gasteiger partial charge < -0.3 is 0 Å². The number of allylic oxidation sites excluding steroid dienone is 3. The first-order valence-corrected chi connectivity index (χ1v) is 3.90. The molecular weight excluding hydrogens is 116 g/mol. The third-order valence-corrected chi connectivity index (χ3v) is 1.69. The molecule has 0 aromatic rings. The predicted molar refractivity (Wildman–Crippen MR) is 42.1 cm³/mol. The largest absolute Gasteiger partial charge is 0.130 e. The van der Waals surface area contributed by atoms with E-state index in [1.54, 1.807) is 11.8 Å². The summed E-state index contributed by atoms with van der Waals surface area (Å²) in [5.74, 6) is 0. The fourth-order valence-corrected chi connectivity index (χ4v) is 0.954. The van der Waals surface area contributed by atoms with E-state index in [1.807, 2.05) is 19.9 Å². The zero-order chi connectivity index (χ0) is 6.41. The lowest BCUT2D eigenvalue weighted by atomic mass is 10.4. The van der Waals surface area contributed by atoms with E-state index >= 15 is 0 Å². The average molecular weight is 128 g/mol. The summed E-state index contributed by atoms with van der Waals surface area (Å²) in [6, 6.07) is 0. The average Bonchev–Trinajstić information content (AvgIpc) is 1.83. The highest BCUT2D eigenvalue weighted by atomic mass is 32.2. The molecule has 0 aromatic carbocycles. The van der Waals surface area contributed by atoms with Crippen molar-refractivity contribution >= 4 is 11.8 Å². The Hall–Kier alpha value is -0.170. The Labute approximate surface area is 55.7 Å². The molecule has 0 N–H and O–H groups in total. The molecule has 0 fully saturated rings. The van der Waals surface area contributed by atoms with E-state index in [9.17, 15) is 0 Å². The highest BCUT2D eigenvalue weighted by Gasteiger charge is 1.80. The molecule has 0 bridgehead atoms. The first-order chi connectivity index (χ1) is 3.85. The number of rotatable bonds is 2. The third kappa shape index (κ3) is 2.92. The van der Waals surface area contributed by atoms with Crippen LogP contribution in [0.1, 0.15) is 13.8 Å². The van der Waals surface area contributed by atoms with Crippen molar-refractivity contribution in [3.05, 3.63) is 23.1 Å². The van der Waals surface area contributed by atoms with Crippen molar-refractivity contribution in [1.29, 1.82) is 0 Å². The van der Waals surface area contributed by atoms with Crippen LogP contribution in [0.2, 0.25) is 0 Å². The molecule has 0 atom stereocenters. The van der Waals surface area contributed by atoms with Crippen molar-refractivity contribution in [2.24, 2.45) is 0 Å². The van der Waals surface area contributed by atoms with Gasteiger partial charge in [-0.2, -0.15) is 0 Å². The minimum atomic E-state index is 1.33. The topological polar surface area (TPSA) is 0 Å². The molecule has 0 aromatic heterocycles. The molecule has 8 heavy (non-hydrogen) atoms. The quantitative estimate of drug-likeness (QED) is 0.515. The highest BCUT2D eigenvalue weighted by molar-refractivity contribution is 8.02. The molecule has 46 valence electrons. The van der Waals surface area contributed by atoms with Crippen LogP contribution in [0.25, 0.3) is 0 Å². The van der Waals surface area contributed by atoms with Crippen molar-refractivity contribution in [3.63, 3.8) is 0 Å². The molecule has 0 aliphatic carbocycles. The number of thioether (sulfide) groups is 1. The van der Waals surface area contributed by atoms with Gasteiger partial charge in [-0.05, 0) is 20.1 Å². The molecule has 0 aliphatic rings. The first kappa shape index (κ1) is 7.83. The van der Waals surface area contributed by atoms with E-state index in [2.05, 4.69) is 18.4 Å². The number of hydrogen-bond acceptors (Lipinski definition) is 1. The molecule has 0 amide bonds. The molecule has 0 saturated carbocycles. The van der Waals surface area contributed by atoms with E-state index in [-0.39, 0.29) is 0 Å². The summed E-state index contributed by atoms with van der Waals surface area (Å²) in [4.78, 5) is 1.33. The van der Waals surface area contributed by atoms with Crippen LogP contribution < -0.4 is 0 Å². The van der Waals surface area contributed by atoms with Gasteiger partial charge in [-0.25, -0.2) is 0 Å². The van der Waals surface area contributed by atoms with Crippen LogP contribution in [0.15, 0.2) is 23.1 Å². The smallest absolute Gasteiger partial charge is 0.00231 e. The zero-order valence-electron chi connectivity index (χ0n) is 5.64. The third-order valence-electron chi connectivity index (χ3n) is 0.851. The predicted octanol–water partition coefficient (Wildman–Crippen LogP) is 2.83. The fraction of sp³-hybridized carbons (Fsp3) is 0.429. The van der Waals surface area contributed by atoms with Crippen LogP contribution >= 0.6 is 11.8 Å². The van der Waals surface area contributed by atoms with Crippen molar-refractivity contribution in [2.75, 3.05) is 6.26 Å².